The van der Waals surface area contributed by atoms with Gasteiger partial charge in [-0.1, -0.05) is 11.6 Å². The van der Waals surface area contributed by atoms with Crippen LogP contribution in [0.15, 0.2) is 24.3 Å². The smallest absolute Gasteiger partial charge is 0.263 e. The maximum atomic E-state index is 12.1. The number of carbonyl (C=O) groups is 1. The maximum Gasteiger partial charge on any atom is 0.263 e. The fraction of sp³-hybridized carbons (Fsp3) is 0.294. The molecule has 1 aromatic carbocycles. The Labute approximate surface area is 149 Å². The molecule has 3 aromatic rings. The van der Waals surface area contributed by atoms with Crippen LogP contribution in [0.2, 0.25) is 5.15 Å². The predicted octanol–water partition coefficient (Wildman–Crippen LogP) is 3.44. The van der Waals surface area contributed by atoms with E-state index in [4.69, 9.17) is 11.6 Å². The molecular weight excluding hydrogens is 344 g/mol. The minimum absolute atomic E-state index is 0.0127. The molecule has 24 heavy (non-hydrogen) atoms. The Balaban J connectivity index is 0.000000383. The summed E-state index contributed by atoms with van der Waals surface area (Å²) in [7, 11) is 6.00. The van der Waals surface area contributed by atoms with E-state index >= 15 is 0 Å². The van der Waals surface area contributed by atoms with Gasteiger partial charge in [0.1, 0.15) is 10.0 Å². The quantitative estimate of drug-likeness (QED) is 0.601. The van der Waals surface area contributed by atoms with Crippen LogP contribution in [-0.2, 0) is 0 Å². The molecule has 0 fully saturated rings. The van der Waals surface area contributed by atoms with Gasteiger partial charge in [0.15, 0.2) is 0 Å². The highest BCUT2D eigenvalue weighted by molar-refractivity contribution is 7.21. The molecular formula is C17H19ClN4OS. The summed E-state index contributed by atoms with van der Waals surface area (Å²) < 4.78 is 1.08. The number of benzene rings is 1. The first-order valence-electron chi connectivity index (χ1n) is 7.62. The lowest BCUT2D eigenvalue weighted by Crippen LogP contribution is -2.24. The highest BCUT2D eigenvalue weighted by Crippen LogP contribution is 2.40. The number of nitrogens with one attached hydrogen (secondary N) is 2. The Morgan fingerprint density at radius 1 is 1.12 bits per heavy atom. The number of carbonyl (C=O) groups excluding carboxylic acids is 1. The largest absolute Gasteiger partial charge is 0.381 e. The lowest BCUT2D eigenvalue weighted by molar-refractivity contribution is 0.0962. The van der Waals surface area contributed by atoms with Crippen LogP contribution in [0.1, 0.15) is 9.67 Å². The summed E-state index contributed by atoms with van der Waals surface area (Å²) in [6.07, 6.45) is 0. The molecule has 0 unspecified atom stereocenters. The van der Waals surface area contributed by atoms with E-state index < -0.39 is 0 Å². The summed E-state index contributed by atoms with van der Waals surface area (Å²) >= 11 is 7.45. The normalized spacial score (nSPS) is 13.8. The highest BCUT2D eigenvalue weighted by atomic mass is 35.5. The molecule has 1 aliphatic rings. The number of amides is 1. The summed E-state index contributed by atoms with van der Waals surface area (Å²) in [5, 5.41) is 8.80. The van der Waals surface area contributed by atoms with Gasteiger partial charge in [0.25, 0.3) is 5.91 Å². The molecule has 5 nitrogen and oxygen atoms in total. The van der Waals surface area contributed by atoms with Crippen molar-refractivity contribution >= 4 is 55.5 Å². The molecule has 2 N–H and O–H groups in total. The zero-order valence-electron chi connectivity index (χ0n) is 13.8. The van der Waals surface area contributed by atoms with Crippen molar-refractivity contribution in [3.05, 3.63) is 34.3 Å². The van der Waals surface area contributed by atoms with Gasteiger partial charge in [-0.15, -0.1) is 11.3 Å². The second-order valence-corrected chi connectivity index (χ2v) is 7.41. The first-order chi connectivity index (χ1) is 11.5. The number of aromatic nitrogens is 1. The monoisotopic (exact) mass is 362 g/mol. The molecule has 0 saturated heterocycles. The molecule has 0 radical (unpaired) electrons. The second kappa shape index (κ2) is 6.93. The molecule has 7 heteroatoms. The van der Waals surface area contributed by atoms with Crippen LogP contribution in [-0.4, -0.2) is 50.0 Å². The molecule has 1 amide bonds. The number of pyridine rings is 1. The van der Waals surface area contributed by atoms with Gasteiger partial charge in [-0.25, -0.2) is 4.98 Å². The van der Waals surface area contributed by atoms with Gasteiger partial charge < -0.3 is 15.5 Å². The van der Waals surface area contributed by atoms with Gasteiger partial charge in [-0.2, -0.15) is 0 Å². The minimum atomic E-state index is -0.0127. The van der Waals surface area contributed by atoms with Gasteiger partial charge in [0.2, 0.25) is 0 Å². The number of nitrogens with zero attached hydrogens (tertiary/aromatic N) is 2. The van der Waals surface area contributed by atoms with E-state index in [1.807, 2.05) is 44.2 Å². The maximum absolute atomic E-state index is 12.1. The van der Waals surface area contributed by atoms with Crippen LogP contribution in [0.25, 0.3) is 21.0 Å². The third-order valence-corrected chi connectivity index (χ3v) is 4.77. The number of fused-ring (bicyclic) bond motifs is 5. The molecule has 3 heterocycles. The van der Waals surface area contributed by atoms with Gasteiger partial charge in [-0.05, 0) is 45.4 Å². The summed E-state index contributed by atoms with van der Waals surface area (Å²) in [6.45, 7) is 1.36. The number of halogens is 1. The van der Waals surface area contributed by atoms with Crippen molar-refractivity contribution in [2.75, 3.05) is 39.5 Å². The van der Waals surface area contributed by atoms with E-state index in [0.29, 0.717) is 11.7 Å². The first kappa shape index (κ1) is 17.0. The third-order valence-electron chi connectivity index (χ3n) is 3.41. The van der Waals surface area contributed by atoms with E-state index in [2.05, 4.69) is 15.6 Å². The van der Waals surface area contributed by atoms with Crippen LogP contribution in [0.4, 0.5) is 5.69 Å². The zero-order valence-corrected chi connectivity index (χ0v) is 15.4. The van der Waals surface area contributed by atoms with E-state index in [1.54, 1.807) is 6.07 Å². The Morgan fingerprint density at radius 2 is 1.83 bits per heavy atom. The van der Waals surface area contributed by atoms with Gasteiger partial charge in [0, 0.05) is 28.6 Å². The van der Waals surface area contributed by atoms with Crippen molar-refractivity contribution in [1.29, 1.82) is 0 Å². The van der Waals surface area contributed by atoms with E-state index in [0.717, 1.165) is 38.1 Å². The van der Waals surface area contributed by atoms with Gasteiger partial charge in [-0.3, -0.25) is 4.79 Å². The molecule has 0 saturated carbocycles. The van der Waals surface area contributed by atoms with E-state index in [9.17, 15) is 4.79 Å². The summed E-state index contributed by atoms with van der Waals surface area (Å²) in [5.74, 6) is -0.0127. The van der Waals surface area contributed by atoms with Crippen molar-refractivity contribution in [2.45, 2.75) is 0 Å². The number of thiophene rings is 1. The molecule has 0 spiro atoms. The Morgan fingerprint density at radius 3 is 2.58 bits per heavy atom. The van der Waals surface area contributed by atoms with Crippen molar-refractivity contribution in [1.82, 2.24) is 15.2 Å². The predicted molar refractivity (Wildman–Crippen MR) is 103 cm³/mol. The standard InChI is InChI=1S/C14H10ClN3OS.C3H9N/c15-10-4-1-7-8(18-10)2-3-9-11(7)12-13(20-9)14(19)17-6-5-16-12;1-4(2)3/h1-4,16H,5-6H2,(H,17,19);1-3H3. The Bertz CT molecular complexity index is 904. The fourth-order valence-electron chi connectivity index (χ4n) is 2.55. The molecule has 0 bridgehead atoms. The van der Waals surface area contributed by atoms with E-state index in [1.165, 1.54) is 11.3 Å². The SMILES string of the molecule is CN(C)C.O=C1NCCNc2c1sc1ccc3nc(Cl)ccc3c21. The number of hydrogen-bond acceptors (Lipinski definition) is 5. The van der Waals surface area contributed by atoms with Crippen LogP contribution < -0.4 is 10.6 Å². The molecule has 0 aliphatic carbocycles. The topological polar surface area (TPSA) is 57.3 Å². The van der Waals surface area contributed by atoms with Crippen molar-refractivity contribution < 1.29 is 4.79 Å². The number of rotatable bonds is 0. The van der Waals surface area contributed by atoms with E-state index in [-0.39, 0.29) is 5.91 Å². The summed E-state index contributed by atoms with van der Waals surface area (Å²) in [5.41, 5.74) is 1.76. The molecule has 2 aromatic heterocycles. The van der Waals surface area contributed by atoms with Crippen molar-refractivity contribution in [2.24, 2.45) is 0 Å². The van der Waals surface area contributed by atoms with Crippen LogP contribution in [0.5, 0.6) is 0 Å². The van der Waals surface area contributed by atoms with Crippen molar-refractivity contribution in [3.63, 3.8) is 0 Å². The van der Waals surface area contributed by atoms with Crippen LogP contribution in [0, 0.1) is 0 Å². The third kappa shape index (κ3) is 3.31. The van der Waals surface area contributed by atoms with Crippen LogP contribution in [0.3, 0.4) is 0 Å². The Kier molecular flexibility index (Phi) is 4.89. The van der Waals surface area contributed by atoms with Crippen molar-refractivity contribution in [3.8, 4) is 0 Å². The molecule has 4 rings (SSSR count). The summed E-state index contributed by atoms with van der Waals surface area (Å²) in [6, 6.07) is 7.68. The minimum Gasteiger partial charge on any atom is -0.381 e. The number of hydrogen-bond donors (Lipinski definition) is 2. The zero-order chi connectivity index (χ0) is 17.3. The lowest BCUT2D eigenvalue weighted by Gasteiger charge is -2.05. The van der Waals surface area contributed by atoms with Gasteiger partial charge in [0.05, 0.1) is 11.2 Å². The van der Waals surface area contributed by atoms with Gasteiger partial charge >= 0.3 is 0 Å². The molecule has 126 valence electrons. The average molecular weight is 363 g/mol. The fourth-order valence-corrected chi connectivity index (χ4v) is 3.81. The molecule has 1 aliphatic heterocycles. The summed E-state index contributed by atoms with van der Waals surface area (Å²) in [4.78, 5) is 19.2. The second-order valence-electron chi connectivity index (χ2n) is 5.97. The first-order valence-corrected chi connectivity index (χ1v) is 8.81. The molecule has 0 atom stereocenters. The highest BCUT2D eigenvalue weighted by Gasteiger charge is 2.22. The average Bonchev–Trinajstić information content (AvgIpc) is 2.80. The number of anilines is 1. The Hall–Kier alpha value is -1.89. The lowest BCUT2D eigenvalue weighted by atomic mass is 10.1. The van der Waals surface area contributed by atoms with Crippen LogP contribution >= 0.6 is 22.9 Å².